The Balaban J connectivity index is 2.04. The lowest BCUT2D eigenvalue weighted by Crippen LogP contribution is -2.40. The van der Waals surface area contributed by atoms with Crippen LogP contribution in [-0.4, -0.2) is 35.6 Å². The smallest absolute Gasteiger partial charge is 0.317 e. The minimum Gasteiger partial charge on any atom is -0.481 e. The molecule has 0 spiro atoms. The van der Waals surface area contributed by atoms with Gasteiger partial charge in [0.25, 0.3) is 0 Å². The van der Waals surface area contributed by atoms with E-state index >= 15 is 0 Å². The molecule has 2 N–H and O–H groups in total. The highest BCUT2D eigenvalue weighted by Crippen LogP contribution is 2.41. The summed E-state index contributed by atoms with van der Waals surface area (Å²) in [7, 11) is 1.54. The van der Waals surface area contributed by atoms with Crippen LogP contribution in [0.4, 0.5) is 9.18 Å². The molecule has 0 aliphatic heterocycles. The maximum absolute atomic E-state index is 13.3. The summed E-state index contributed by atoms with van der Waals surface area (Å²) >= 11 is 5.80. The zero-order valence-corrected chi connectivity index (χ0v) is 12.9. The second-order valence-electron chi connectivity index (χ2n) is 5.50. The molecule has 1 saturated carbocycles. The van der Waals surface area contributed by atoms with Crippen LogP contribution in [0, 0.1) is 11.7 Å². The van der Waals surface area contributed by atoms with Gasteiger partial charge in [-0.15, -0.1) is 0 Å². The molecule has 1 aromatic carbocycles. The SMILES string of the molecule is CN(CCC(=O)O)C(=O)NC(c1ccc(F)c(Cl)c1)C1CC1. The quantitative estimate of drug-likeness (QED) is 0.843. The van der Waals surface area contributed by atoms with Crippen molar-refractivity contribution in [3.8, 4) is 0 Å². The molecule has 120 valence electrons. The first kappa shape index (κ1) is 16.5. The van der Waals surface area contributed by atoms with E-state index in [1.807, 2.05) is 0 Å². The third kappa shape index (κ3) is 4.34. The summed E-state index contributed by atoms with van der Waals surface area (Å²) in [5.74, 6) is -1.15. The molecule has 1 atom stereocenters. The summed E-state index contributed by atoms with van der Waals surface area (Å²) in [5, 5.41) is 11.6. The van der Waals surface area contributed by atoms with Gasteiger partial charge in [0, 0.05) is 13.6 Å². The third-order valence-electron chi connectivity index (χ3n) is 3.68. The van der Waals surface area contributed by atoms with Crippen LogP contribution >= 0.6 is 11.6 Å². The number of carbonyl (C=O) groups is 2. The molecule has 1 fully saturated rings. The third-order valence-corrected chi connectivity index (χ3v) is 3.97. The molecule has 0 saturated heterocycles. The minimum atomic E-state index is -0.955. The van der Waals surface area contributed by atoms with Crippen LogP contribution in [0.1, 0.15) is 30.9 Å². The van der Waals surface area contributed by atoms with Crippen molar-refractivity contribution in [3.05, 3.63) is 34.6 Å². The Hall–Kier alpha value is -1.82. The van der Waals surface area contributed by atoms with Crippen molar-refractivity contribution in [2.24, 2.45) is 5.92 Å². The number of aliphatic carboxylic acids is 1. The predicted octanol–water partition coefficient (Wildman–Crippen LogP) is 3.05. The highest BCUT2D eigenvalue weighted by molar-refractivity contribution is 6.30. The van der Waals surface area contributed by atoms with Gasteiger partial charge in [0.05, 0.1) is 17.5 Å². The molecule has 7 heteroatoms. The lowest BCUT2D eigenvalue weighted by molar-refractivity contribution is -0.137. The molecule has 0 heterocycles. The maximum Gasteiger partial charge on any atom is 0.317 e. The predicted molar refractivity (Wildman–Crippen MR) is 80.3 cm³/mol. The molecule has 2 amide bonds. The van der Waals surface area contributed by atoms with Crippen molar-refractivity contribution < 1.29 is 19.1 Å². The number of amides is 2. The molecule has 1 aromatic rings. The lowest BCUT2D eigenvalue weighted by Gasteiger charge is -2.24. The van der Waals surface area contributed by atoms with Crippen LogP contribution in [0.15, 0.2) is 18.2 Å². The molecule has 1 aliphatic carbocycles. The molecule has 5 nitrogen and oxygen atoms in total. The summed E-state index contributed by atoms with van der Waals surface area (Å²) < 4.78 is 13.3. The Morgan fingerprint density at radius 3 is 2.73 bits per heavy atom. The van der Waals surface area contributed by atoms with E-state index in [9.17, 15) is 14.0 Å². The van der Waals surface area contributed by atoms with E-state index < -0.39 is 11.8 Å². The second-order valence-corrected chi connectivity index (χ2v) is 5.91. The van der Waals surface area contributed by atoms with Crippen molar-refractivity contribution in [1.82, 2.24) is 10.2 Å². The number of hydrogen-bond acceptors (Lipinski definition) is 2. The molecule has 1 aliphatic rings. The van der Waals surface area contributed by atoms with Crippen LogP contribution < -0.4 is 5.32 Å². The van der Waals surface area contributed by atoms with Crippen LogP contribution in [0.5, 0.6) is 0 Å². The first-order chi connectivity index (χ1) is 10.4. The number of rotatable bonds is 6. The van der Waals surface area contributed by atoms with E-state index in [1.54, 1.807) is 13.1 Å². The normalized spacial score (nSPS) is 15.2. The van der Waals surface area contributed by atoms with Crippen molar-refractivity contribution in [3.63, 3.8) is 0 Å². The van der Waals surface area contributed by atoms with Crippen molar-refractivity contribution in [1.29, 1.82) is 0 Å². The molecular formula is C15H18ClFN2O3. The van der Waals surface area contributed by atoms with E-state index in [0.29, 0.717) is 5.92 Å². The summed E-state index contributed by atoms with van der Waals surface area (Å²) in [5.41, 5.74) is 0.758. The number of hydrogen-bond donors (Lipinski definition) is 2. The minimum absolute atomic E-state index is 0.0247. The molecule has 0 bridgehead atoms. The fraction of sp³-hybridized carbons (Fsp3) is 0.467. The molecule has 0 aromatic heterocycles. The largest absolute Gasteiger partial charge is 0.481 e. The van der Waals surface area contributed by atoms with Crippen molar-refractivity contribution in [2.75, 3.05) is 13.6 Å². The van der Waals surface area contributed by atoms with Gasteiger partial charge >= 0.3 is 12.0 Å². The monoisotopic (exact) mass is 328 g/mol. The molecule has 1 unspecified atom stereocenters. The average molecular weight is 329 g/mol. The van der Waals surface area contributed by atoms with Gasteiger partial charge in [-0.1, -0.05) is 17.7 Å². The van der Waals surface area contributed by atoms with Gasteiger partial charge in [-0.3, -0.25) is 4.79 Å². The van der Waals surface area contributed by atoms with Crippen LogP contribution in [-0.2, 0) is 4.79 Å². The Morgan fingerprint density at radius 1 is 1.50 bits per heavy atom. The van der Waals surface area contributed by atoms with E-state index in [0.717, 1.165) is 18.4 Å². The first-order valence-corrected chi connectivity index (χ1v) is 7.44. The van der Waals surface area contributed by atoms with Crippen LogP contribution in [0.25, 0.3) is 0 Å². The van der Waals surface area contributed by atoms with Crippen molar-refractivity contribution >= 4 is 23.6 Å². The summed E-state index contributed by atoms with van der Waals surface area (Å²) in [6, 6.07) is 3.84. The maximum atomic E-state index is 13.3. The van der Waals surface area contributed by atoms with E-state index in [4.69, 9.17) is 16.7 Å². The number of carboxylic acids is 1. The first-order valence-electron chi connectivity index (χ1n) is 7.07. The van der Waals surface area contributed by atoms with Crippen molar-refractivity contribution in [2.45, 2.75) is 25.3 Å². The number of nitrogens with zero attached hydrogens (tertiary/aromatic N) is 1. The molecular weight excluding hydrogens is 311 g/mol. The Bertz CT molecular complexity index is 578. The number of carboxylic acid groups (broad SMARTS) is 1. The number of urea groups is 1. The Morgan fingerprint density at radius 2 is 2.18 bits per heavy atom. The van der Waals surface area contributed by atoms with Gasteiger partial charge in [-0.05, 0) is 36.5 Å². The van der Waals surface area contributed by atoms with E-state index in [2.05, 4.69) is 5.32 Å². The van der Waals surface area contributed by atoms with Crippen LogP contribution in [0.3, 0.4) is 0 Å². The standard InChI is InChI=1S/C15H18ClFN2O3/c1-19(7-6-13(20)21)15(22)18-14(9-2-3-9)10-4-5-12(17)11(16)8-10/h4-5,8-9,14H,2-3,6-7H2,1H3,(H,18,22)(H,20,21). The van der Waals surface area contributed by atoms with Gasteiger partial charge in [0.15, 0.2) is 0 Å². The van der Waals surface area contributed by atoms with E-state index in [-0.39, 0.29) is 30.1 Å². The van der Waals surface area contributed by atoms with Gasteiger partial charge in [-0.25, -0.2) is 9.18 Å². The highest BCUT2D eigenvalue weighted by Gasteiger charge is 2.34. The zero-order valence-electron chi connectivity index (χ0n) is 12.2. The van der Waals surface area contributed by atoms with Crippen LogP contribution in [0.2, 0.25) is 5.02 Å². The van der Waals surface area contributed by atoms with Gasteiger partial charge in [-0.2, -0.15) is 0 Å². The topological polar surface area (TPSA) is 69.6 Å². The number of carbonyl (C=O) groups excluding carboxylic acids is 1. The summed E-state index contributed by atoms with van der Waals surface area (Å²) in [4.78, 5) is 24.0. The Kier molecular flexibility index (Phi) is 5.24. The second kappa shape index (κ2) is 6.96. The lowest BCUT2D eigenvalue weighted by atomic mass is 10.0. The van der Waals surface area contributed by atoms with Gasteiger partial charge in [0.1, 0.15) is 5.82 Å². The fourth-order valence-electron chi connectivity index (χ4n) is 2.22. The zero-order chi connectivity index (χ0) is 16.3. The highest BCUT2D eigenvalue weighted by atomic mass is 35.5. The average Bonchev–Trinajstić information content (AvgIpc) is 3.29. The number of halogens is 2. The molecule has 22 heavy (non-hydrogen) atoms. The van der Waals surface area contributed by atoms with Gasteiger partial charge in [0.2, 0.25) is 0 Å². The Labute approximate surface area is 133 Å². The molecule has 2 rings (SSSR count). The van der Waals surface area contributed by atoms with Gasteiger partial charge < -0.3 is 15.3 Å². The molecule has 0 radical (unpaired) electrons. The fourth-order valence-corrected chi connectivity index (χ4v) is 2.41. The van der Waals surface area contributed by atoms with E-state index in [1.165, 1.54) is 17.0 Å². The number of benzene rings is 1. The summed E-state index contributed by atoms with van der Waals surface area (Å²) in [6.45, 7) is 0.128. The summed E-state index contributed by atoms with van der Waals surface area (Å²) in [6.07, 6.45) is 1.86. The number of nitrogens with one attached hydrogen (secondary N) is 1.